The van der Waals surface area contributed by atoms with Gasteiger partial charge in [0.25, 0.3) is 17.7 Å². The van der Waals surface area contributed by atoms with E-state index in [0.29, 0.717) is 95.6 Å². The molecule has 5 aliphatic rings. The van der Waals surface area contributed by atoms with Gasteiger partial charge in [-0.15, -0.1) is 8.42 Å². The molecule has 3 amide bonds. The van der Waals surface area contributed by atoms with E-state index in [2.05, 4.69) is 24.5 Å². The van der Waals surface area contributed by atoms with Crippen LogP contribution in [0.25, 0.3) is 10.4 Å². The molecule has 0 aliphatic carbocycles. The number of aryl methyl sites for hydroxylation is 2. The third kappa shape index (κ3) is 17.7. The van der Waals surface area contributed by atoms with Gasteiger partial charge in [0.15, 0.2) is 34.5 Å². The Balaban J connectivity index is 0.742. The van der Waals surface area contributed by atoms with Crippen molar-refractivity contribution in [1.82, 2.24) is 24.3 Å². The van der Waals surface area contributed by atoms with Gasteiger partial charge in [0.05, 0.1) is 109 Å². The number of hydrogen-bond donors (Lipinski definition) is 5. The Hall–Kier alpha value is -10.1. The molecule has 1 saturated heterocycles. The Morgan fingerprint density at radius 1 is 0.648 bits per heavy atom. The number of hydrogen-bond acceptors (Lipinski definition) is 23. The number of nitrogens with one attached hydrogen (secondary N) is 1. The highest BCUT2D eigenvalue weighted by molar-refractivity contribution is 7.82. The Kier molecular flexibility index (Phi) is 23.4. The quantitative estimate of drug-likeness (QED) is 0.0108. The second kappa shape index (κ2) is 32.9. The Morgan fingerprint density at radius 3 is 1.74 bits per heavy atom. The van der Waals surface area contributed by atoms with E-state index in [9.17, 15) is 43.2 Å². The van der Waals surface area contributed by atoms with Gasteiger partial charge in [0.2, 0.25) is 6.29 Å². The minimum absolute atomic E-state index is 0.0340. The van der Waals surface area contributed by atoms with Crippen molar-refractivity contribution >= 4 is 51.9 Å². The zero-order valence-corrected chi connectivity index (χ0v) is 59.6. The van der Waals surface area contributed by atoms with Crippen LogP contribution < -0.4 is 37.4 Å². The lowest BCUT2D eigenvalue weighted by Gasteiger charge is -2.39. The minimum Gasteiger partial charge on any atom is -0.493 e. The van der Waals surface area contributed by atoms with Crippen molar-refractivity contribution in [3.8, 4) is 40.2 Å². The normalized spacial score (nSPS) is 19.5. The zero-order chi connectivity index (χ0) is 74.1. The summed E-state index contributed by atoms with van der Waals surface area (Å²) in [5.74, 6) is -0.686. The molecule has 5 aromatic carbocycles. The van der Waals surface area contributed by atoms with Gasteiger partial charge in [0.1, 0.15) is 56.5 Å². The highest BCUT2D eigenvalue weighted by atomic mass is 32.3. The van der Waals surface area contributed by atoms with E-state index in [1.54, 1.807) is 36.4 Å². The summed E-state index contributed by atoms with van der Waals surface area (Å²) in [7, 11) is 6.05. The topological polar surface area (TPSA) is 370 Å². The number of nitrogens with zero attached hydrogens (tertiary/aromatic N) is 10. The van der Waals surface area contributed by atoms with Crippen LogP contribution >= 0.6 is 0 Å². The van der Waals surface area contributed by atoms with E-state index in [1.807, 2.05) is 93.1 Å². The molecule has 7 heterocycles. The molecule has 7 aromatic rings. The first-order chi connectivity index (χ1) is 50.6. The summed E-state index contributed by atoms with van der Waals surface area (Å²) in [6.07, 6.45) is 0.299. The lowest BCUT2D eigenvalue weighted by Crippen LogP contribution is -2.60. The Morgan fingerprint density at radius 2 is 1.19 bits per heavy atom. The molecule has 2 aromatic heterocycles. The molecule has 0 spiro atoms. The first-order valence-electron chi connectivity index (χ1n) is 34.0. The number of benzene rings is 5. The molecule has 105 heavy (non-hydrogen) atoms. The lowest BCUT2D eigenvalue weighted by atomic mass is 9.99. The van der Waals surface area contributed by atoms with Crippen molar-refractivity contribution in [2.45, 2.75) is 95.0 Å². The van der Waals surface area contributed by atoms with Crippen molar-refractivity contribution < 1.29 is 98.7 Å². The molecular formula is C73H84N11O20S+. The van der Waals surface area contributed by atoms with Gasteiger partial charge in [-0.2, -0.15) is 0 Å². The number of methoxy groups -OCH3 is 2. The third-order valence-electron chi connectivity index (χ3n) is 18.6. The molecule has 7 atom stereocenters. The number of fused-ring (bicyclic) bond motifs is 6. The predicted molar refractivity (Wildman–Crippen MR) is 379 cm³/mol. The van der Waals surface area contributed by atoms with Gasteiger partial charge in [-0.05, 0) is 113 Å². The van der Waals surface area contributed by atoms with Crippen molar-refractivity contribution in [2.24, 2.45) is 29.2 Å². The molecule has 5 N–H and O–H groups in total. The first-order valence-corrected chi connectivity index (χ1v) is 35.4. The summed E-state index contributed by atoms with van der Waals surface area (Å²) < 4.78 is 95.7. The number of aliphatic hydroxyl groups excluding tert-OH is 4. The maximum Gasteiger partial charge on any atom is 0.501 e. The van der Waals surface area contributed by atoms with Crippen molar-refractivity contribution in [1.29, 1.82) is 0 Å². The average molecular weight is 1470 g/mol. The number of amides is 3. The van der Waals surface area contributed by atoms with E-state index in [0.717, 1.165) is 56.9 Å². The maximum atomic E-state index is 14.3. The van der Waals surface area contributed by atoms with E-state index in [1.165, 1.54) is 32.4 Å². The van der Waals surface area contributed by atoms with Gasteiger partial charge in [-0.1, -0.05) is 5.11 Å². The number of aromatic nitrogens is 2. The third-order valence-corrected chi connectivity index (χ3v) is 19.4. The van der Waals surface area contributed by atoms with Gasteiger partial charge in [0, 0.05) is 123 Å². The number of carbonyl (C=O) groups excluding carboxylic acids is 3. The molecule has 31 nitrogen and oxygen atoms in total. The number of rotatable bonds is 32. The fraction of sp³-hybridized carbons (Fsp3) is 0.411. The molecule has 1 unspecified atom stereocenters. The van der Waals surface area contributed by atoms with Crippen LogP contribution in [-0.4, -0.2) is 213 Å². The average Bonchev–Trinajstić information content (AvgIpc) is 1.64. The molecule has 0 bridgehead atoms. The molecule has 0 saturated carbocycles. The fourth-order valence-electron chi connectivity index (χ4n) is 13.3. The molecule has 5 aliphatic heterocycles. The largest absolute Gasteiger partial charge is 0.501 e. The molecule has 0 radical (unpaired) electrons. The van der Waals surface area contributed by atoms with Gasteiger partial charge >= 0.3 is 10.4 Å². The molecular weight excluding hydrogens is 1380 g/mol. The second-order valence-electron chi connectivity index (χ2n) is 26.5. The summed E-state index contributed by atoms with van der Waals surface area (Å²) in [6.45, 7) is 2.72. The van der Waals surface area contributed by atoms with E-state index >= 15 is 0 Å². The van der Waals surface area contributed by atoms with E-state index < -0.39 is 65.1 Å². The SMILES string of the molecule is COc1cc2c(cc1OCc1cc(COc3cc4c(cc3OC)C(=O)N3Cc5ccn(C)c5C[C@H]3C=N4)cc(C[N+](C)(C)Cc3ccc(OS(=O)(=O)Oc4cc(C(=O)NCCOCCOCCOCCN=[N+]=[N-])ccc4OC4O[C@H](CO)[C@H](O)[C@H](O)[C@H]4O)cc3)c1)N=C[C@@H]1Cc3c(ccn3C)CN1C2=O. The standard InChI is InChI=1S/C73H83N11O20S/c1-80-17-13-49-37-82-51(29-58(49)80)35-76-56-33-63(61(94-5)31-54(56)71(82)90)99-42-46-25-45(26-47(27-46)43-100-64-34-57-55(32-62(64)95-6)72(91)83-38-50-14-18-81(2)59(50)30-52(83)36-77-57)40-84(3,4)39-44-7-10-53(11-8-44)103-105(92,93)104-65-28-48(9-12-60(65)101-73-69(88)68(87)67(86)66(41-85)102-73)70(89)75-15-19-96-21-23-98-24-22-97-20-16-78-79-74/h7-14,17-18,25-28,31-36,51-52,66-69,73,85-88H,15-16,19-24,29-30,37-43H2,1-6H3/p+1/t51-,52-,66+,67-,68-,69+,73?/m0/s1. The van der Waals surface area contributed by atoms with Gasteiger partial charge in [-0.3, -0.25) is 24.4 Å². The van der Waals surface area contributed by atoms with Crippen molar-refractivity contribution in [3.05, 3.63) is 181 Å². The second-order valence-corrected chi connectivity index (χ2v) is 27.7. The number of quaternary nitrogens is 1. The van der Waals surface area contributed by atoms with Crippen LogP contribution in [0.5, 0.6) is 40.2 Å². The number of aliphatic imine (C=N–C) groups is 2. The van der Waals surface area contributed by atoms with Gasteiger partial charge in [-0.25, -0.2) is 0 Å². The number of carbonyl (C=O) groups is 3. The predicted octanol–water partition coefficient (Wildman–Crippen LogP) is 5.85. The monoisotopic (exact) mass is 1470 g/mol. The highest BCUT2D eigenvalue weighted by Crippen LogP contribution is 2.42. The van der Waals surface area contributed by atoms with Crippen LogP contribution in [0.4, 0.5) is 11.4 Å². The molecule has 12 rings (SSSR count). The van der Waals surface area contributed by atoms with Gasteiger partial charge < -0.3 is 100 Å². The van der Waals surface area contributed by atoms with Crippen LogP contribution in [-0.2, 0) is 95.7 Å². The Labute approximate surface area is 605 Å². The fourth-order valence-corrected chi connectivity index (χ4v) is 14.1. The number of ether oxygens (including phenoxy) is 9. The lowest BCUT2D eigenvalue weighted by molar-refractivity contribution is -0.916. The van der Waals surface area contributed by atoms with Crippen molar-refractivity contribution in [2.75, 3.05) is 87.7 Å². The number of azide groups is 1. The van der Waals surface area contributed by atoms with Crippen LogP contribution in [0, 0.1) is 0 Å². The Bertz CT molecular complexity index is 4390. The molecule has 1 fully saturated rings. The van der Waals surface area contributed by atoms with Crippen LogP contribution in [0.2, 0.25) is 0 Å². The number of aliphatic hydroxyl groups is 4. The van der Waals surface area contributed by atoms with Crippen molar-refractivity contribution in [3.63, 3.8) is 0 Å². The molecule has 32 heteroatoms. The van der Waals surface area contributed by atoms with E-state index in [-0.39, 0.29) is 94.5 Å². The van der Waals surface area contributed by atoms with Crippen LogP contribution in [0.15, 0.2) is 125 Å². The molecule has 556 valence electrons. The summed E-state index contributed by atoms with van der Waals surface area (Å²) in [5, 5.41) is 47.6. The summed E-state index contributed by atoms with van der Waals surface area (Å²) in [5.41, 5.74) is 17.7. The van der Waals surface area contributed by atoms with Crippen LogP contribution in [0.3, 0.4) is 0 Å². The van der Waals surface area contributed by atoms with Crippen LogP contribution in [0.1, 0.15) is 75.8 Å². The summed E-state index contributed by atoms with van der Waals surface area (Å²) >= 11 is 0. The maximum absolute atomic E-state index is 14.3. The van der Waals surface area contributed by atoms with E-state index in [4.69, 9.17) is 66.5 Å². The minimum atomic E-state index is -5.06. The zero-order valence-electron chi connectivity index (χ0n) is 58.8. The smallest absolute Gasteiger partial charge is 0.493 e. The summed E-state index contributed by atoms with van der Waals surface area (Å²) in [6, 6.07) is 26.2. The highest BCUT2D eigenvalue weighted by Gasteiger charge is 2.45. The first kappa shape index (κ1) is 74.6. The summed E-state index contributed by atoms with van der Waals surface area (Å²) in [4.78, 5) is 58.0.